The first-order valence-electron chi connectivity index (χ1n) is 5.90. The zero-order valence-corrected chi connectivity index (χ0v) is 11.5. The van der Waals surface area contributed by atoms with Gasteiger partial charge in [-0.25, -0.2) is 0 Å². The predicted octanol–water partition coefficient (Wildman–Crippen LogP) is 2.00. The zero-order valence-electron chi connectivity index (χ0n) is 10.7. The van der Waals surface area contributed by atoms with Crippen LogP contribution in [0.15, 0.2) is 22.0 Å². The van der Waals surface area contributed by atoms with E-state index in [1.54, 1.807) is 0 Å². The number of nitrogens with one attached hydrogen (secondary N) is 1. The normalized spacial score (nSPS) is 12.8. The second-order valence-corrected chi connectivity index (χ2v) is 5.38. The quantitative estimate of drug-likeness (QED) is 0.842. The van der Waals surface area contributed by atoms with Gasteiger partial charge in [0.1, 0.15) is 6.04 Å². The molecule has 0 aliphatic rings. The lowest BCUT2D eigenvalue weighted by molar-refractivity contribution is -0.140. The average Bonchev–Trinajstić information content (AvgIpc) is 2.98. The number of carbonyl (C=O) groups is 1. The van der Waals surface area contributed by atoms with Crippen molar-refractivity contribution in [3.8, 4) is 10.7 Å². The molecule has 102 valence electrons. The van der Waals surface area contributed by atoms with Gasteiger partial charge in [-0.2, -0.15) is 4.98 Å². The Balaban J connectivity index is 1.99. The summed E-state index contributed by atoms with van der Waals surface area (Å²) in [6.45, 7) is 3.93. The Kier molecular flexibility index (Phi) is 4.28. The van der Waals surface area contributed by atoms with Crippen molar-refractivity contribution in [2.24, 2.45) is 5.92 Å². The van der Waals surface area contributed by atoms with Crippen molar-refractivity contribution < 1.29 is 14.4 Å². The first kappa shape index (κ1) is 13.7. The van der Waals surface area contributed by atoms with Crippen LogP contribution in [0.4, 0.5) is 0 Å². The molecule has 1 atom stereocenters. The number of aliphatic carboxylic acids is 1. The lowest BCUT2D eigenvalue weighted by atomic mass is 10.1. The topological polar surface area (TPSA) is 88.3 Å². The Morgan fingerprint density at radius 3 is 2.95 bits per heavy atom. The molecule has 0 spiro atoms. The molecule has 1 unspecified atom stereocenters. The lowest BCUT2D eigenvalue weighted by Crippen LogP contribution is -2.40. The fourth-order valence-corrected chi connectivity index (χ4v) is 2.29. The van der Waals surface area contributed by atoms with E-state index in [9.17, 15) is 4.79 Å². The number of carboxylic acid groups (broad SMARTS) is 1. The summed E-state index contributed by atoms with van der Waals surface area (Å²) >= 11 is 1.52. The van der Waals surface area contributed by atoms with Crippen LogP contribution in [-0.4, -0.2) is 27.3 Å². The highest BCUT2D eigenvalue weighted by Crippen LogP contribution is 2.21. The number of aromatic nitrogens is 2. The number of rotatable bonds is 6. The van der Waals surface area contributed by atoms with Crippen LogP contribution in [0, 0.1) is 5.92 Å². The van der Waals surface area contributed by atoms with Crippen LogP contribution in [0.25, 0.3) is 10.7 Å². The Morgan fingerprint density at radius 2 is 2.37 bits per heavy atom. The number of thiophene rings is 1. The molecule has 2 heterocycles. The van der Waals surface area contributed by atoms with Gasteiger partial charge in [0.15, 0.2) is 0 Å². The van der Waals surface area contributed by atoms with Gasteiger partial charge in [-0.3, -0.25) is 10.1 Å². The van der Waals surface area contributed by atoms with Gasteiger partial charge in [0, 0.05) is 0 Å². The second kappa shape index (κ2) is 5.94. The van der Waals surface area contributed by atoms with Crippen molar-refractivity contribution in [2.45, 2.75) is 26.4 Å². The van der Waals surface area contributed by atoms with Gasteiger partial charge >= 0.3 is 5.97 Å². The molecule has 2 aromatic rings. The highest BCUT2D eigenvalue weighted by Gasteiger charge is 2.21. The Labute approximate surface area is 114 Å². The predicted molar refractivity (Wildman–Crippen MR) is 70.7 cm³/mol. The molecular weight excluding hydrogens is 266 g/mol. The molecule has 0 aliphatic heterocycles. The molecule has 0 saturated heterocycles. The summed E-state index contributed by atoms with van der Waals surface area (Å²) in [5, 5.41) is 17.7. The van der Waals surface area contributed by atoms with Crippen molar-refractivity contribution in [1.29, 1.82) is 0 Å². The van der Waals surface area contributed by atoms with E-state index in [1.807, 2.05) is 31.4 Å². The second-order valence-electron chi connectivity index (χ2n) is 4.43. The van der Waals surface area contributed by atoms with Crippen molar-refractivity contribution in [3.63, 3.8) is 0 Å². The summed E-state index contributed by atoms with van der Waals surface area (Å²) < 4.78 is 5.09. The van der Waals surface area contributed by atoms with Crippen LogP contribution in [0.3, 0.4) is 0 Å². The fraction of sp³-hybridized carbons (Fsp3) is 0.417. The minimum atomic E-state index is -0.881. The number of hydrogen-bond donors (Lipinski definition) is 2. The molecule has 0 aromatic carbocycles. The largest absolute Gasteiger partial charge is 0.480 e. The summed E-state index contributed by atoms with van der Waals surface area (Å²) in [7, 11) is 0. The van der Waals surface area contributed by atoms with E-state index in [-0.39, 0.29) is 12.5 Å². The van der Waals surface area contributed by atoms with Crippen LogP contribution in [0.5, 0.6) is 0 Å². The lowest BCUT2D eigenvalue weighted by Gasteiger charge is -2.16. The molecule has 0 radical (unpaired) electrons. The fourth-order valence-electron chi connectivity index (χ4n) is 1.64. The third kappa shape index (κ3) is 3.39. The van der Waals surface area contributed by atoms with Gasteiger partial charge in [0.05, 0.1) is 11.4 Å². The van der Waals surface area contributed by atoms with E-state index in [4.69, 9.17) is 9.63 Å². The summed E-state index contributed by atoms with van der Waals surface area (Å²) in [6, 6.07) is 3.19. The monoisotopic (exact) mass is 281 g/mol. The molecule has 6 nitrogen and oxygen atoms in total. The van der Waals surface area contributed by atoms with Crippen molar-refractivity contribution in [1.82, 2.24) is 15.5 Å². The first-order chi connectivity index (χ1) is 9.08. The Hall–Kier alpha value is -1.73. The van der Waals surface area contributed by atoms with E-state index < -0.39 is 12.0 Å². The third-order valence-corrected chi connectivity index (χ3v) is 3.48. The zero-order chi connectivity index (χ0) is 13.8. The average molecular weight is 281 g/mol. The summed E-state index contributed by atoms with van der Waals surface area (Å²) in [5.41, 5.74) is 0. The standard InChI is InChI=1S/C12H15N3O3S/c1-7(2)10(12(16)17)13-6-9-14-11(15-18-9)8-4-3-5-19-8/h3-5,7,10,13H,6H2,1-2H3,(H,16,17). The molecule has 2 N–H and O–H groups in total. The van der Waals surface area contributed by atoms with Crippen LogP contribution in [0.2, 0.25) is 0 Å². The number of carboxylic acids is 1. The Bertz CT molecular complexity index is 536. The first-order valence-corrected chi connectivity index (χ1v) is 6.78. The maximum Gasteiger partial charge on any atom is 0.320 e. The van der Waals surface area contributed by atoms with Crippen molar-refractivity contribution in [3.05, 3.63) is 23.4 Å². The smallest absolute Gasteiger partial charge is 0.320 e. The summed E-state index contributed by atoms with van der Waals surface area (Å²) in [4.78, 5) is 16.2. The summed E-state index contributed by atoms with van der Waals surface area (Å²) in [6.07, 6.45) is 0. The SMILES string of the molecule is CC(C)C(NCc1nc(-c2cccs2)no1)C(=O)O. The van der Waals surface area contributed by atoms with Gasteiger partial charge < -0.3 is 9.63 Å². The van der Waals surface area contributed by atoms with Crippen LogP contribution in [-0.2, 0) is 11.3 Å². The van der Waals surface area contributed by atoms with Gasteiger partial charge in [0.25, 0.3) is 0 Å². The van der Waals surface area contributed by atoms with Gasteiger partial charge in [-0.05, 0) is 17.4 Å². The van der Waals surface area contributed by atoms with E-state index in [0.717, 1.165) is 4.88 Å². The maximum absolute atomic E-state index is 11.0. The van der Waals surface area contributed by atoms with E-state index in [0.29, 0.717) is 11.7 Å². The highest BCUT2D eigenvalue weighted by atomic mass is 32.1. The van der Waals surface area contributed by atoms with Crippen molar-refractivity contribution >= 4 is 17.3 Å². The molecule has 0 fully saturated rings. The van der Waals surface area contributed by atoms with Crippen molar-refractivity contribution in [2.75, 3.05) is 0 Å². The molecule has 0 saturated carbocycles. The molecule has 0 aliphatic carbocycles. The highest BCUT2D eigenvalue weighted by molar-refractivity contribution is 7.13. The van der Waals surface area contributed by atoms with Gasteiger partial charge in [-0.1, -0.05) is 25.1 Å². The van der Waals surface area contributed by atoms with Crippen LogP contribution in [0.1, 0.15) is 19.7 Å². The third-order valence-electron chi connectivity index (χ3n) is 2.62. The molecule has 7 heteroatoms. The van der Waals surface area contributed by atoms with Gasteiger partial charge in [0.2, 0.25) is 11.7 Å². The minimum Gasteiger partial charge on any atom is -0.480 e. The molecule has 2 aromatic heterocycles. The van der Waals surface area contributed by atoms with Crippen LogP contribution < -0.4 is 5.32 Å². The number of hydrogen-bond acceptors (Lipinski definition) is 6. The van der Waals surface area contributed by atoms with E-state index in [1.165, 1.54) is 11.3 Å². The molecule has 0 bridgehead atoms. The summed E-state index contributed by atoms with van der Waals surface area (Å²) in [5.74, 6) is 0.0173. The molecular formula is C12H15N3O3S. The minimum absolute atomic E-state index is 0.0165. The van der Waals surface area contributed by atoms with E-state index in [2.05, 4.69) is 15.5 Å². The molecule has 2 rings (SSSR count). The van der Waals surface area contributed by atoms with E-state index >= 15 is 0 Å². The Morgan fingerprint density at radius 1 is 1.58 bits per heavy atom. The van der Waals surface area contributed by atoms with Crippen LogP contribution >= 0.6 is 11.3 Å². The maximum atomic E-state index is 11.0. The molecule has 19 heavy (non-hydrogen) atoms. The molecule has 0 amide bonds. The van der Waals surface area contributed by atoms with Gasteiger partial charge in [-0.15, -0.1) is 11.3 Å². The number of nitrogens with zero attached hydrogens (tertiary/aromatic N) is 2.